The third-order valence-electron chi connectivity index (χ3n) is 16.2. The number of urea groups is 3. The van der Waals surface area contributed by atoms with Crippen molar-refractivity contribution in [2.45, 2.75) is 180 Å². The van der Waals surface area contributed by atoms with Crippen molar-refractivity contribution in [1.29, 1.82) is 0 Å². The molecule has 6 N–H and O–H groups in total. The van der Waals surface area contributed by atoms with E-state index in [9.17, 15) is 14.4 Å². The summed E-state index contributed by atoms with van der Waals surface area (Å²) in [4.78, 5) is 40.9. The van der Waals surface area contributed by atoms with Gasteiger partial charge in [0.25, 0.3) is 0 Å². The second kappa shape index (κ2) is 43.4. The van der Waals surface area contributed by atoms with Crippen molar-refractivity contribution in [3.8, 4) is 51.7 Å². The van der Waals surface area contributed by atoms with Gasteiger partial charge in [-0.1, -0.05) is 101 Å². The second-order valence-corrected chi connectivity index (χ2v) is 28.7. The third kappa shape index (κ3) is 32.5. The highest BCUT2D eigenvalue weighted by Crippen LogP contribution is 2.32. The van der Waals surface area contributed by atoms with E-state index in [0.29, 0.717) is 161 Å². The van der Waals surface area contributed by atoms with E-state index in [1.165, 1.54) is 0 Å². The molecule has 7 rings (SSSR count). The van der Waals surface area contributed by atoms with Crippen LogP contribution in [-0.2, 0) is 19.8 Å². The Labute approximate surface area is 607 Å². The fourth-order valence-corrected chi connectivity index (χ4v) is 11.0. The molecular formula is C84H114N6O12. The number of rotatable bonds is 45. The van der Waals surface area contributed by atoms with E-state index < -0.39 is 18.1 Å². The van der Waals surface area contributed by atoms with Crippen molar-refractivity contribution in [3.63, 3.8) is 0 Å². The van der Waals surface area contributed by atoms with Gasteiger partial charge >= 0.3 is 18.1 Å². The zero-order chi connectivity index (χ0) is 73.0. The number of carbonyl (C=O) groups is 3. The molecule has 0 spiro atoms. The van der Waals surface area contributed by atoms with Crippen LogP contribution in [0.2, 0.25) is 0 Å². The predicted molar refractivity (Wildman–Crippen MR) is 413 cm³/mol. The van der Waals surface area contributed by atoms with Crippen LogP contribution in [0.3, 0.4) is 0 Å². The van der Waals surface area contributed by atoms with Crippen LogP contribution in [0, 0.1) is 35.5 Å². The standard InChI is InChI=1S/C84H114N6O12/c1-58(2)22-16-34-94-76-46-70(47-77(52-76)95-35-17-23-59(3)4)88-82(91)85-67-28-13-31-73(43-67)100-55-64-40-65(56-101-74-32-14-29-68(44-74)86-83(92)89-71-48-78(96-36-18-24-60(5)6)53-79(49-71)97-37-19-25-61(7)8)42-66(41-64)57-102-75-33-15-30-69(45-75)87-84(93)90-72-50-80(98-38-20-26-62(9)10)54-81(51-72)99-39-21-27-63(11)12/h13-15,28-33,40-54,58-63H,16-27,34-39,55-57H2,1-12H3,(H2,85,88,91)(H2,86,89,92)(H2,87,90,93). The molecule has 0 saturated heterocycles. The molecule has 18 nitrogen and oxygen atoms in total. The molecule has 0 bridgehead atoms. The molecule has 7 aromatic carbocycles. The summed E-state index contributed by atoms with van der Waals surface area (Å²) in [7, 11) is 0. The van der Waals surface area contributed by atoms with Crippen LogP contribution < -0.4 is 74.5 Å². The monoisotopic (exact) mass is 1400 g/mol. The lowest BCUT2D eigenvalue weighted by atomic mass is 10.1. The Morgan fingerprint density at radius 1 is 0.245 bits per heavy atom. The fourth-order valence-electron chi connectivity index (χ4n) is 11.0. The summed E-state index contributed by atoms with van der Waals surface area (Å²) >= 11 is 0. The van der Waals surface area contributed by atoms with Crippen molar-refractivity contribution in [2.24, 2.45) is 35.5 Å². The Balaban J connectivity index is 1.04. The zero-order valence-electron chi connectivity index (χ0n) is 62.6. The maximum Gasteiger partial charge on any atom is 0.323 e. The molecule has 0 unspecified atom stereocenters. The first kappa shape index (κ1) is 79.9. The van der Waals surface area contributed by atoms with E-state index in [-0.39, 0.29) is 19.8 Å². The summed E-state index contributed by atoms with van der Waals surface area (Å²) in [6.07, 6.45) is 11.8. The molecule has 102 heavy (non-hydrogen) atoms. The summed E-state index contributed by atoms with van der Waals surface area (Å²) in [5, 5.41) is 17.8. The van der Waals surface area contributed by atoms with Gasteiger partial charge in [-0.3, -0.25) is 0 Å². The molecule has 7 aromatic rings. The molecule has 0 radical (unpaired) electrons. The van der Waals surface area contributed by atoms with Crippen LogP contribution in [0.4, 0.5) is 48.5 Å². The molecule has 0 aliphatic rings. The largest absolute Gasteiger partial charge is 0.493 e. The van der Waals surface area contributed by atoms with E-state index in [1.807, 2.05) is 109 Å². The van der Waals surface area contributed by atoms with E-state index in [4.69, 9.17) is 42.6 Å². The number of amides is 6. The molecule has 6 amide bonds. The van der Waals surface area contributed by atoms with Gasteiger partial charge in [0.1, 0.15) is 71.6 Å². The number of ether oxygens (including phenoxy) is 9. The fraction of sp³-hybridized carbons (Fsp3) is 0.464. The molecule has 0 saturated carbocycles. The highest BCUT2D eigenvalue weighted by atomic mass is 16.5. The van der Waals surface area contributed by atoms with Crippen molar-refractivity contribution < 1.29 is 57.0 Å². The van der Waals surface area contributed by atoms with Gasteiger partial charge in [-0.15, -0.1) is 0 Å². The molecule has 18 heteroatoms. The summed E-state index contributed by atoms with van der Waals surface area (Å²) in [6.45, 7) is 30.1. The van der Waals surface area contributed by atoms with Crippen LogP contribution >= 0.6 is 0 Å². The first-order chi connectivity index (χ1) is 49.1. The number of nitrogens with one attached hydrogen (secondary N) is 6. The molecule has 552 valence electrons. The van der Waals surface area contributed by atoms with Gasteiger partial charge in [-0.05, 0) is 184 Å². The third-order valence-corrected chi connectivity index (χ3v) is 16.2. The first-order valence-corrected chi connectivity index (χ1v) is 36.9. The van der Waals surface area contributed by atoms with E-state index in [1.54, 1.807) is 36.4 Å². The smallest absolute Gasteiger partial charge is 0.323 e. The maximum atomic E-state index is 13.6. The summed E-state index contributed by atoms with van der Waals surface area (Å²) < 4.78 is 56.2. The van der Waals surface area contributed by atoms with E-state index in [0.717, 1.165) is 93.7 Å². The number of hydrogen-bond acceptors (Lipinski definition) is 12. The Hall–Kier alpha value is -9.45. The minimum atomic E-state index is -0.445. The van der Waals surface area contributed by atoms with Gasteiger partial charge in [0.05, 0.1) is 39.6 Å². The molecule has 0 atom stereocenters. The predicted octanol–water partition coefficient (Wildman–Crippen LogP) is 22.2. The Morgan fingerprint density at radius 2 is 0.441 bits per heavy atom. The molecule has 0 aromatic heterocycles. The summed E-state index contributed by atoms with van der Waals surface area (Å²) in [6, 6.07) is 42.8. The summed E-state index contributed by atoms with van der Waals surface area (Å²) in [5.41, 5.74) is 5.64. The zero-order valence-corrected chi connectivity index (χ0v) is 62.6. The lowest BCUT2D eigenvalue weighted by molar-refractivity contribution is 0.261. The molecule has 0 heterocycles. The van der Waals surface area contributed by atoms with E-state index >= 15 is 0 Å². The molecule has 0 fully saturated rings. The quantitative estimate of drug-likeness (QED) is 0.0197. The number of anilines is 6. The van der Waals surface area contributed by atoms with Crippen LogP contribution in [0.5, 0.6) is 51.7 Å². The highest BCUT2D eigenvalue weighted by molar-refractivity contribution is 6.01. The lowest BCUT2D eigenvalue weighted by Gasteiger charge is -2.15. The van der Waals surface area contributed by atoms with Crippen molar-refractivity contribution in [3.05, 3.63) is 162 Å². The minimum Gasteiger partial charge on any atom is -0.493 e. The molecule has 0 aliphatic carbocycles. The average Bonchev–Trinajstić information content (AvgIpc) is 0.863. The van der Waals surface area contributed by atoms with Gasteiger partial charge in [0, 0.05) is 107 Å². The topological polar surface area (TPSA) is 206 Å². The van der Waals surface area contributed by atoms with Crippen molar-refractivity contribution in [1.82, 2.24) is 0 Å². The Bertz CT molecular complexity index is 3180. The van der Waals surface area contributed by atoms with Gasteiger partial charge in [0.2, 0.25) is 0 Å². The van der Waals surface area contributed by atoms with Gasteiger partial charge in [0.15, 0.2) is 0 Å². The van der Waals surface area contributed by atoms with Crippen LogP contribution in [0.1, 0.15) is 177 Å². The van der Waals surface area contributed by atoms with Crippen LogP contribution in [0.25, 0.3) is 0 Å². The minimum absolute atomic E-state index is 0.154. The lowest BCUT2D eigenvalue weighted by Crippen LogP contribution is -2.19. The first-order valence-electron chi connectivity index (χ1n) is 36.9. The van der Waals surface area contributed by atoms with Crippen molar-refractivity contribution >= 4 is 52.2 Å². The van der Waals surface area contributed by atoms with Crippen LogP contribution in [-0.4, -0.2) is 57.7 Å². The van der Waals surface area contributed by atoms with Crippen LogP contribution in [0.15, 0.2) is 146 Å². The van der Waals surface area contributed by atoms with Crippen molar-refractivity contribution in [2.75, 3.05) is 71.5 Å². The van der Waals surface area contributed by atoms with E-state index in [2.05, 4.69) is 115 Å². The molecule has 0 aliphatic heterocycles. The SMILES string of the molecule is CC(C)CCCOc1cc(NC(=O)Nc2cccc(OCc3cc(COc4cccc(NC(=O)Nc5cc(OCCCC(C)C)cc(OCCCC(C)C)c5)c4)cc(COc4cccc(NC(=O)Nc5cc(OCCCC(C)C)cc(OCCCC(C)C)c5)c4)c3)c2)cc(OCCCC(C)C)c1. The number of carbonyl (C=O) groups excluding carboxylic acids is 3. The average molecular weight is 1400 g/mol. The van der Waals surface area contributed by atoms with Gasteiger partial charge in [-0.2, -0.15) is 0 Å². The second-order valence-electron chi connectivity index (χ2n) is 28.7. The van der Waals surface area contributed by atoms with Gasteiger partial charge in [-0.25, -0.2) is 14.4 Å². The number of benzene rings is 7. The van der Waals surface area contributed by atoms with Gasteiger partial charge < -0.3 is 74.5 Å². The number of hydrogen-bond donors (Lipinski definition) is 6. The Morgan fingerprint density at radius 3 is 0.647 bits per heavy atom. The summed E-state index contributed by atoms with van der Waals surface area (Å²) in [5.74, 6) is 8.73. The maximum absolute atomic E-state index is 13.6. The molecular weight excluding hydrogens is 1280 g/mol. The Kier molecular flexibility index (Phi) is 34.0. The highest BCUT2D eigenvalue weighted by Gasteiger charge is 2.16. The normalized spacial score (nSPS) is 11.2.